The molecule has 2 aromatic heterocycles. The number of fused-ring (bicyclic) bond motifs is 1. The Morgan fingerprint density at radius 2 is 2.05 bits per heavy atom. The number of piperidine rings is 1. The van der Waals surface area contributed by atoms with E-state index in [1.54, 1.807) is 11.3 Å². The van der Waals surface area contributed by atoms with Crippen LogP contribution in [-0.2, 0) is 0 Å². The SMILES string of the molecule is CNc1nc(N2CCC(N(C)C)CC2)c2ccsc2n1. The van der Waals surface area contributed by atoms with E-state index in [0.717, 1.165) is 23.7 Å². The van der Waals surface area contributed by atoms with Crippen molar-refractivity contribution in [3.63, 3.8) is 0 Å². The number of rotatable bonds is 3. The lowest BCUT2D eigenvalue weighted by Gasteiger charge is -2.36. The van der Waals surface area contributed by atoms with Crippen molar-refractivity contribution < 1.29 is 0 Å². The number of hydrogen-bond donors (Lipinski definition) is 1. The maximum Gasteiger partial charge on any atom is 0.225 e. The summed E-state index contributed by atoms with van der Waals surface area (Å²) in [6.07, 6.45) is 2.38. The van der Waals surface area contributed by atoms with Gasteiger partial charge in [-0.25, -0.2) is 4.98 Å². The molecule has 20 heavy (non-hydrogen) atoms. The fourth-order valence-electron chi connectivity index (χ4n) is 2.79. The molecule has 1 aliphatic rings. The van der Waals surface area contributed by atoms with Crippen LogP contribution in [0.4, 0.5) is 11.8 Å². The van der Waals surface area contributed by atoms with E-state index < -0.39 is 0 Å². The quantitative estimate of drug-likeness (QED) is 0.940. The standard InChI is InChI=1S/C14H21N5S/c1-15-14-16-12(11-6-9-20-13(11)17-14)19-7-4-10(5-8-19)18(2)3/h6,9-10H,4-5,7-8H2,1-3H3,(H,15,16,17). The second kappa shape index (κ2) is 5.54. The molecule has 0 radical (unpaired) electrons. The van der Waals surface area contributed by atoms with Crippen molar-refractivity contribution in [2.45, 2.75) is 18.9 Å². The number of hydrogen-bond acceptors (Lipinski definition) is 6. The summed E-state index contributed by atoms with van der Waals surface area (Å²) in [5.41, 5.74) is 0. The lowest BCUT2D eigenvalue weighted by atomic mass is 10.0. The molecule has 0 aliphatic carbocycles. The summed E-state index contributed by atoms with van der Waals surface area (Å²) in [7, 11) is 6.21. The van der Waals surface area contributed by atoms with Crippen molar-refractivity contribution in [3.8, 4) is 0 Å². The summed E-state index contributed by atoms with van der Waals surface area (Å²) in [4.78, 5) is 15.0. The Kier molecular flexibility index (Phi) is 3.76. The van der Waals surface area contributed by atoms with Crippen molar-refractivity contribution in [1.82, 2.24) is 14.9 Å². The van der Waals surface area contributed by atoms with E-state index >= 15 is 0 Å². The van der Waals surface area contributed by atoms with Gasteiger partial charge in [-0.2, -0.15) is 4.98 Å². The molecule has 1 aliphatic heterocycles. The molecule has 0 saturated carbocycles. The van der Waals surface area contributed by atoms with E-state index in [1.807, 2.05) is 7.05 Å². The van der Waals surface area contributed by atoms with Gasteiger partial charge in [0.05, 0.1) is 5.39 Å². The van der Waals surface area contributed by atoms with Gasteiger partial charge in [0.1, 0.15) is 10.6 Å². The fourth-order valence-corrected chi connectivity index (χ4v) is 3.55. The zero-order valence-corrected chi connectivity index (χ0v) is 13.1. The summed E-state index contributed by atoms with van der Waals surface area (Å²) < 4.78 is 0. The van der Waals surface area contributed by atoms with E-state index in [0.29, 0.717) is 12.0 Å². The summed E-state index contributed by atoms with van der Waals surface area (Å²) >= 11 is 1.67. The van der Waals surface area contributed by atoms with Crippen molar-refractivity contribution in [2.24, 2.45) is 0 Å². The number of aromatic nitrogens is 2. The Hall–Kier alpha value is -1.40. The van der Waals surface area contributed by atoms with Gasteiger partial charge in [-0.1, -0.05) is 0 Å². The zero-order valence-electron chi connectivity index (χ0n) is 12.3. The highest BCUT2D eigenvalue weighted by molar-refractivity contribution is 7.16. The Balaban J connectivity index is 1.88. The summed E-state index contributed by atoms with van der Waals surface area (Å²) in [5.74, 6) is 1.79. The van der Waals surface area contributed by atoms with Crippen molar-refractivity contribution in [3.05, 3.63) is 11.4 Å². The number of thiophene rings is 1. The van der Waals surface area contributed by atoms with Crippen LogP contribution in [0.1, 0.15) is 12.8 Å². The van der Waals surface area contributed by atoms with Gasteiger partial charge in [0.2, 0.25) is 5.95 Å². The van der Waals surface area contributed by atoms with Gasteiger partial charge in [-0.05, 0) is 38.4 Å². The average molecular weight is 291 g/mol. The number of anilines is 2. The predicted molar refractivity (Wildman–Crippen MR) is 85.9 cm³/mol. The monoisotopic (exact) mass is 291 g/mol. The number of nitrogens with zero attached hydrogens (tertiary/aromatic N) is 4. The molecule has 1 fully saturated rings. The maximum atomic E-state index is 4.68. The number of nitrogens with one attached hydrogen (secondary N) is 1. The highest BCUT2D eigenvalue weighted by Crippen LogP contribution is 2.31. The molecule has 3 rings (SSSR count). The molecule has 0 aromatic carbocycles. The summed E-state index contributed by atoms with van der Waals surface area (Å²) in [6, 6.07) is 2.82. The molecular formula is C14H21N5S. The normalized spacial score (nSPS) is 17.1. The minimum Gasteiger partial charge on any atom is -0.357 e. The first-order valence-electron chi connectivity index (χ1n) is 7.03. The zero-order chi connectivity index (χ0) is 14.1. The highest BCUT2D eigenvalue weighted by Gasteiger charge is 2.23. The minimum atomic E-state index is 0.690. The largest absolute Gasteiger partial charge is 0.357 e. The van der Waals surface area contributed by atoms with Gasteiger partial charge in [0.25, 0.3) is 0 Å². The van der Waals surface area contributed by atoms with E-state index in [9.17, 15) is 0 Å². The van der Waals surface area contributed by atoms with Gasteiger partial charge in [0.15, 0.2) is 0 Å². The van der Waals surface area contributed by atoms with E-state index in [2.05, 4.69) is 50.6 Å². The lowest BCUT2D eigenvalue weighted by Crippen LogP contribution is -2.42. The van der Waals surface area contributed by atoms with Crippen LogP contribution >= 0.6 is 11.3 Å². The van der Waals surface area contributed by atoms with E-state index in [1.165, 1.54) is 18.2 Å². The third-order valence-electron chi connectivity index (χ3n) is 4.02. The molecule has 108 valence electrons. The van der Waals surface area contributed by atoms with Crippen LogP contribution in [0.15, 0.2) is 11.4 Å². The predicted octanol–water partition coefficient (Wildman–Crippen LogP) is 2.26. The molecule has 0 atom stereocenters. The first-order valence-corrected chi connectivity index (χ1v) is 7.91. The van der Waals surface area contributed by atoms with Crippen LogP contribution in [-0.4, -0.2) is 55.1 Å². The minimum absolute atomic E-state index is 0.690. The van der Waals surface area contributed by atoms with Crippen molar-refractivity contribution >= 4 is 33.3 Å². The average Bonchev–Trinajstić information content (AvgIpc) is 2.94. The fraction of sp³-hybridized carbons (Fsp3) is 0.571. The van der Waals surface area contributed by atoms with Gasteiger partial charge in [0, 0.05) is 26.2 Å². The second-order valence-corrected chi connectivity index (χ2v) is 6.34. The Labute approximate surface area is 123 Å². The third-order valence-corrected chi connectivity index (χ3v) is 4.83. The first-order chi connectivity index (χ1) is 9.69. The molecule has 0 unspecified atom stereocenters. The lowest BCUT2D eigenvalue weighted by molar-refractivity contribution is 0.249. The van der Waals surface area contributed by atoms with Crippen LogP contribution in [0.5, 0.6) is 0 Å². The Morgan fingerprint density at radius 1 is 1.30 bits per heavy atom. The smallest absolute Gasteiger partial charge is 0.225 e. The third kappa shape index (κ3) is 2.45. The van der Waals surface area contributed by atoms with Crippen LogP contribution in [0.25, 0.3) is 10.2 Å². The second-order valence-electron chi connectivity index (χ2n) is 5.44. The topological polar surface area (TPSA) is 44.3 Å². The van der Waals surface area contributed by atoms with E-state index in [4.69, 9.17) is 0 Å². The van der Waals surface area contributed by atoms with Crippen LogP contribution in [0.3, 0.4) is 0 Å². The molecule has 0 spiro atoms. The van der Waals surface area contributed by atoms with E-state index in [-0.39, 0.29) is 0 Å². The molecule has 1 saturated heterocycles. The molecule has 5 nitrogen and oxygen atoms in total. The van der Waals surface area contributed by atoms with Gasteiger partial charge < -0.3 is 15.1 Å². The Morgan fingerprint density at radius 3 is 2.70 bits per heavy atom. The van der Waals surface area contributed by atoms with Gasteiger partial charge in [-0.3, -0.25) is 0 Å². The summed E-state index contributed by atoms with van der Waals surface area (Å²) in [5, 5.41) is 6.34. The molecule has 2 aromatic rings. The van der Waals surface area contributed by atoms with Crippen LogP contribution < -0.4 is 10.2 Å². The van der Waals surface area contributed by atoms with Gasteiger partial charge >= 0.3 is 0 Å². The highest BCUT2D eigenvalue weighted by atomic mass is 32.1. The molecular weight excluding hydrogens is 270 g/mol. The van der Waals surface area contributed by atoms with Crippen LogP contribution in [0.2, 0.25) is 0 Å². The molecule has 1 N–H and O–H groups in total. The first kappa shape index (κ1) is 13.6. The molecule has 0 bridgehead atoms. The summed E-state index contributed by atoms with van der Waals surface area (Å²) in [6.45, 7) is 2.13. The molecule has 0 amide bonds. The molecule has 6 heteroatoms. The molecule has 3 heterocycles. The van der Waals surface area contributed by atoms with Crippen molar-refractivity contribution in [1.29, 1.82) is 0 Å². The maximum absolute atomic E-state index is 4.68. The van der Waals surface area contributed by atoms with Crippen LogP contribution in [0, 0.1) is 0 Å². The Bertz CT molecular complexity index is 586. The van der Waals surface area contributed by atoms with Crippen molar-refractivity contribution in [2.75, 3.05) is 44.4 Å². The van der Waals surface area contributed by atoms with Gasteiger partial charge in [-0.15, -0.1) is 11.3 Å².